The minimum absolute atomic E-state index is 0.0791. The summed E-state index contributed by atoms with van der Waals surface area (Å²) in [7, 11) is 0. The molecule has 7 heteroatoms. The molecule has 20 heavy (non-hydrogen) atoms. The molecule has 1 aromatic rings. The average Bonchev–Trinajstić information content (AvgIpc) is 2.33. The maximum Gasteiger partial charge on any atom is 0.419 e. The van der Waals surface area contributed by atoms with Crippen molar-refractivity contribution < 1.29 is 17.6 Å². The van der Waals surface area contributed by atoms with Gasteiger partial charge in [-0.05, 0) is 23.6 Å². The molecule has 0 bridgehead atoms. The Labute approximate surface area is 118 Å². The first-order valence-corrected chi connectivity index (χ1v) is 6.97. The molecule has 0 radical (unpaired) electrons. The minimum atomic E-state index is -4.70. The zero-order chi connectivity index (χ0) is 15.0. The lowest BCUT2D eigenvalue weighted by atomic mass is 9.97. The van der Waals surface area contributed by atoms with E-state index in [0.29, 0.717) is 11.7 Å². The van der Waals surface area contributed by atoms with E-state index < -0.39 is 17.6 Å². The summed E-state index contributed by atoms with van der Waals surface area (Å²) in [5, 5.41) is 3.36. The first-order valence-electron chi connectivity index (χ1n) is 5.98. The van der Waals surface area contributed by atoms with Gasteiger partial charge < -0.3 is 5.32 Å². The second kappa shape index (κ2) is 5.27. The van der Waals surface area contributed by atoms with Crippen molar-refractivity contribution in [3.05, 3.63) is 29.6 Å². The van der Waals surface area contributed by atoms with Gasteiger partial charge in [0.1, 0.15) is 5.82 Å². The molecule has 0 fully saturated rings. The molecule has 2 nitrogen and oxygen atoms in total. The van der Waals surface area contributed by atoms with Crippen LogP contribution in [0.15, 0.2) is 23.2 Å². The third-order valence-electron chi connectivity index (χ3n) is 2.77. The lowest BCUT2D eigenvalue weighted by molar-refractivity contribution is -0.139. The predicted molar refractivity (Wildman–Crippen MR) is 73.6 cm³/mol. The summed E-state index contributed by atoms with van der Waals surface area (Å²) < 4.78 is 51.0. The summed E-state index contributed by atoms with van der Waals surface area (Å²) in [6, 6.07) is 2.84. The number of nitrogens with zero attached hydrogens (tertiary/aromatic N) is 1. The Morgan fingerprint density at radius 2 is 2.00 bits per heavy atom. The summed E-state index contributed by atoms with van der Waals surface area (Å²) >= 11 is 1.45. The molecule has 1 aliphatic rings. The van der Waals surface area contributed by atoms with Crippen molar-refractivity contribution in [1.29, 1.82) is 0 Å². The van der Waals surface area contributed by atoms with Gasteiger partial charge >= 0.3 is 6.18 Å². The van der Waals surface area contributed by atoms with Gasteiger partial charge in [-0.3, -0.25) is 4.99 Å². The van der Waals surface area contributed by atoms with Gasteiger partial charge in [-0.25, -0.2) is 4.39 Å². The van der Waals surface area contributed by atoms with Crippen LogP contribution in [-0.2, 0) is 6.18 Å². The third-order valence-corrected chi connectivity index (χ3v) is 4.20. The number of benzene rings is 1. The highest BCUT2D eigenvalue weighted by Gasteiger charge is 2.34. The number of anilines is 1. The van der Waals surface area contributed by atoms with E-state index >= 15 is 0 Å². The number of hydrogen-bond acceptors (Lipinski definition) is 3. The maximum atomic E-state index is 13.2. The maximum absolute atomic E-state index is 13.2. The third kappa shape index (κ3) is 3.65. The fraction of sp³-hybridized carbons (Fsp3) is 0.462. The summed E-state index contributed by atoms with van der Waals surface area (Å²) in [6.45, 7) is 4.75. The topological polar surface area (TPSA) is 24.4 Å². The number of aliphatic imine (C=N–C) groups is 1. The number of rotatable bonds is 1. The van der Waals surface area contributed by atoms with Crippen LogP contribution in [0.3, 0.4) is 0 Å². The first kappa shape index (κ1) is 15.2. The summed E-state index contributed by atoms with van der Waals surface area (Å²) in [5.74, 6) is -0.450. The standard InChI is InChI=1S/C13H14F4N2S/c1-12(2)6-18-11(20-7-12)19-8-3-4-10(14)9(5-8)13(15,16)17/h3-5H,6-7H2,1-2H3,(H,18,19). The Kier molecular flexibility index (Phi) is 4.00. The van der Waals surface area contributed by atoms with E-state index in [9.17, 15) is 17.6 Å². The van der Waals surface area contributed by atoms with Crippen LogP contribution in [0.5, 0.6) is 0 Å². The molecule has 0 aliphatic carbocycles. The minimum Gasteiger partial charge on any atom is -0.335 e. The Balaban J connectivity index is 2.17. The molecule has 1 N–H and O–H groups in total. The van der Waals surface area contributed by atoms with Gasteiger partial charge in [-0.2, -0.15) is 13.2 Å². The number of hydrogen-bond donors (Lipinski definition) is 1. The molecule has 0 saturated heterocycles. The van der Waals surface area contributed by atoms with Gasteiger partial charge in [-0.15, -0.1) is 0 Å². The number of amidine groups is 1. The van der Waals surface area contributed by atoms with E-state index in [1.807, 2.05) is 0 Å². The predicted octanol–water partition coefficient (Wildman–Crippen LogP) is 4.39. The van der Waals surface area contributed by atoms with Crippen molar-refractivity contribution >= 4 is 22.6 Å². The average molecular weight is 306 g/mol. The van der Waals surface area contributed by atoms with Crippen LogP contribution >= 0.6 is 11.8 Å². The summed E-state index contributed by atoms with van der Waals surface area (Å²) in [6.07, 6.45) is -4.70. The van der Waals surface area contributed by atoms with Crippen LogP contribution in [-0.4, -0.2) is 17.5 Å². The Morgan fingerprint density at radius 3 is 2.55 bits per heavy atom. The molecule has 0 unspecified atom stereocenters. The highest BCUT2D eigenvalue weighted by atomic mass is 32.2. The smallest absolute Gasteiger partial charge is 0.335 e. The van der Waals surface area contributed by atoms with E-state index in [0.717, 1.165) is 17.9 Å². The van der Waals surface area contributed by atoms with Crippen molar-refractivity contribution in [3.63, 3.8) is 0 Å². The fourth-order valence-corrected chi connectivity index (χ4v) is 2.62. The number of alkyl halides is 3. The second-order valence-corrected chi connectivity index (χ2v) is 6.36. The van der Waals surface area contributed by atoms with Crippen molar-refractivity contribution in [2.24, 2.45) is 10.4 Å². The lowest BCUT2D eigenvalue weighted by Gasteiger charge is -2.27. The van der Waals surface area contributed by atoms with Crippen LogP contribution in [0.4, 0.5) is 23.2 Å². The highest BCUT2D eigenvalue weighted by Crippen LogP contribution is 2.34. The molecule has 1 aliphatic heterocycles. The van der Waals surface area contributed by atoms with E-state index in [-0.39, 0.29) is 11.1 Å². The molecule has 110 valence electrons. The van der Waals surface area contributed by atoms with Gasteiger partial charge in [-0.1, -0.05) is 25.6 Å². The molecule has 0 spiro atoms. The van der Waals surface area contributed by atoms with Crippen LogP contribution < -0.4 is 5.32 Å². The molecule has 0 aromatic heterocycles. The van der Waals surface area contributed by atoms with Crippen LogP contribution in [0.1, 0.15) is 19.4 Å². The molecule has 1 aromatic carbocycles. The van der Waals surface area contributed by atoms with Crippen molar-refractivity contribution in [2.45, 2.75) is 20.0 Å². The van der Waals surface area contributed by atoms with Crippen molar-refractivity contribution in [1.82, 2.24) is 0 Å². The van der Waals surface area contributed by atoms with E-state index in [2.05, 4.69) is 24.2 Å². The zero-order valence-electron chi connectivity index (χ0n) is 11.0. The highest BCUT2D eigenvalue weighted by molar-refractivity contribution is 8.14. The molecule has 2 rings (SSSR count). The lowest BCUT2D eigenvalue weighted by Crippen LogP contribution is -2.27. The first-order chi connectivity index (χ1) is 9.17. The van der Waals surface area contributed by atoms with Gasteiger partial charge in [0.05, 0.1) is 5.56 Å². The number of nitrogens with one attached hydrogen (secondary N) is 1. The van der Waals surface area contributed by atoms with Gasteiger partial charge in [0.15, 0.2) is 5.17 Å². The van der Waals surface area contributed by atoms with Crippen LogP contribution in [0.2, 0.25) is 0 Å². The molecule has 0 saturated carbocycles. The van der Waals surface area contributed by atoms with Crippen molar-refractivity contribution in [3.8, 4) is 0 Å². The fourth-order valence-electron chi connectivity index (χ4n) is 1.66. The van der Waals surface area contributed by atoms with E-state index in [4.69, 9.17) is 0 Å². The molecular weight excluding hydrogens is 292 g/mol. The molecule has 0 atom stereocenters. The molecular formula is C13H14F4N2S. The monoisotopic (exact) mass is 306 g/mol. The number of halogens is 4. The zero-order valence-corrected chi connectivity index (χ0v) is 11.8. The van der Waals surface area contributed by atoms with Crippen LogP contribution in [0, 0.1) is 11.2 Å². The largest absolute Gasteiger partial charge is 0.419 e. The van der Waals surface area contributed by atoms with Crippen LogP contribution in [0.25, 0.3) is 0 Å². The molecule has 0 amide bonds. The van der Waals surface area contributed by atoms with Crippen molar-refractivity contribution in [2.75, 3.05) is 17.6 Å². The summed E-state index contributed by atoms with van der Waals surface area (Å²) in [4.78, 5) is 4.29. The quantitative estimate of drug-likeness (QED) is 0.778. The Bertz CT molecular complexity index is 538. The Morgan fingerprint density at radius 1 is 1.30 bits per heavy atom. The normalized spacial score (nSPS) is 18.6. The Hall–Kier alpha value is -1.24. The van der Waals surface area contributed by atoms with Gasteiger partial charge in [0.25, 0.3) is 0 Å². The second-order valence-electron chi connectivity index (χ2n) is 5.39. The summed E-state index contributed by atoms with van der Waals surface area (Å²) in [5.41, 5.74) is -1.01. The van der Waals surface area contributed by atoms with E-state index in [1.54, 1.807) is 0 Å². The number of thioether (sulfide) groups is 1. The SMILES string of the molecule is CC1(C)CN=C(Nc2ccc(F)c(C(F)(F)F)c2)SC1. The van der Waals surface area contributed by atoms with Gasteiger partial charge in [0.2, 0.25) is 0 Å². The van der Waals surface area contributed by atoms with Gasteiger partial charge in [0, 0.05) is 18.0 Å². The van der Waals surface area contributed by atoms with E-state index in [1.165, 1.54) is 17.8 Å². The molecule has 1 heterocycles.